The maximum absolute atomic E-state index is 14.1. The first-order valence-electron chi connectivity index (χ1n) is 16.2. The number of nitrogens with one attached hydrogen (secondary N) is 3. The summed E-state index contributed by atoms with van der Waals surface area (Å²) in [5.74, 6) is -3.19. The number of primary amides is 1. The molecule has 44 heavy (non-hydrogen) atoms. The standard InChI is InChI=1S/C32H55N5O7/c1-19(2)17-24(28(40)34-23(25(38)27(33)39)18-21-13-12-14-21)37-16-11-9-8-10-15-22(29(37)41)35-31(43)36-26(32(5,6)7)30(42)44-20(3)4/h19-24,26H,8-18H2,1-7H3,(H2,33,39)(H,34,40)(H2,35,36,43)/t22-,23?,24+,26+/m0/s1. The minimum absolute atomic E-state index is 0.0253. The molecule has 1 heterocycles. The summed E-state index contributed by atoms with van der Waals surface area (Å²) < 4.78 is 5.36. The fourth-order valence-electron chi connectivity index (χ4n) is 5.68. The van der Waals surface area contributed by atoms with Crippen molar-refractivity contribution in [2.75, 3.05) is 6.54 Å². The van der Waals surface area contributed by atoms with Gasteiger partial charge in [0, 0.05) is 6.54 Å². The van der Waals surface area contributed by atoms with E-state index >= 15 is 0 Å². The second-order valence-corrected chi connectivity index (χ2v) is 14.2. The van der Waals surface area contributed by atoms with E-state index in [-0.39, 0.29) is 17.9 Å². The average molecular weight is 622 g/mol. The maximum atomic E-state index is 14.1. The fourth-order valence-corrected chi connectivity index (χ4v) is 5.68. The molecular formula is C32H55N5O7. The van der Waals surface area contributed by atoms with Crippen LogP contribution in [-0.4, -0.2) is 77.2 Å². The molecule has 1 saturated carbocycles. The fraction of sp³-hybridized carbons (Fsp3) is 0.812. The highest BCUT2D eigenvalue weighted by atomic mass is 16.5. The number of carbonyl (C=O) groups excluding carboxylic acids is 6. The number of hydrogen-bond donors (Lipinski definition) is 4. The SMILES string of the molecule is CC(C)C[C@H](C(=O)NC(CC1CCC1)C(=O)C(N)=O)N1CCCCCC[C@H](NC(=O)N[C@H](C(=O)OC(C)C)C(C)(C)C)C1=O. The molecule has 5 amide bonds. The van der Waals surface area contributed by atoms with Gasteiger partial charge in [0.2, 0.25) is 17.6 Å². The number of esters is 1. The average Bonchev–Trinajstić information content (AvgIpc) is 2.96. The Bertz CT molecular complexity index is 1030. The van der Waals surface area contributed by atoms with Gasteiger partial charge in [-0.2, -0.15) is 0 Å². The van der Waals surface area contributed by atoms with E-state index in [0.29, 0.717) is 38.6 Å². The zero-order chi connectivity index (χ0) is 33.2. The molecule has 0 spiro atoms. The number of carbonyl (C=O) groups is 6. The van der Waals surface area contributed by atoms with Gasteiger partial charge in [-0.05, 0) is 56.8 Å². The zero-order valence-corrected chi connectivity index (χ0v) is 27.7. The quantitative estimate of drug-likeness (QED) is 0.180. The summed E-state index contributed by atoms with van der Waals surface area (Å²) >= 11 is 0. The van der Waals surface area contributed by atoms with E-state index in [0.717, 1.165) is 32.1 Å². The third-order valence-electron chi connectivity index (χ3n) is 8.30. The number of ether oxygens (including phenoxy) is 1. The molecule has 2 aliphatic rings. The van der Waals surface area contributed by atoms with E-state index < -0.39 is 65.1 Å². The molecule has 1 saturated heterocycles. The summed E-state index contributed by atoms with van der Waals surface area (Å²) in [6, 6.07) is -4.54. The number of nitrogens with zero attached hydrogens (tertiary/aromatic N) is 1. The predicted molar refractivity (Wildman–Crippen MR) is 166 cm³/mol. The van der Waals surface area contributed by atoms with Crippen LogP contribution in [0.2, 0.25) is 0 Å². The number of hydrogen-bond acceptors (Lipinski definition) is 7. The Hall–Kier alpha value is -3.18. The van der Waals surface area contributed by atoms with Crippen LogP contribution in [0.1, 0.15) is 113 Å². The molecule has 1 aliphatic carbocycles. The number of urea groups is 1. The van der Waals surface area contributed by atoms with Crippen molar-refractivity contribution < 1.29 is 33.5 Å². The Labute approximate surface area is 262 Å². The molecule has 250 valence electrons. The first-order chi connectivity index (χ1) is 20.5. The predicted octanol–water partition coefficient (Wildman–Crippen LogP) is 2.96. The minimum atomic E-state index is -1.10. The van der Waals surface area contributed by atoms with Crippen LogP contribution in [-0.2, 0) is 28.7 Å². The number of Topliss-reactive ketones (excluding diaryl/α,β-unsaturated/α-hetero) is 1. The number of nitrogens with two attached hydrogens (primary N) is 1. The lowest BCUT2D eigenvalue weighted by Crippen LogP contribution is -2.60. The molecule has 12 heteroatoms. The lowest BCUT2D eigenvalue weighted by molar-refractivity contribution is -0.152. The third-order valence-corrected chi connectivity index (χ3v) is 8.30. The van der Waals surface area contributed by atoms with E-state index in [1.807, 2.05) is 34.6 Å². The summed E-state index contributed by atoms with van der Waals surface area (Å²) in [7, 11) is 0. The van der Waals surface area contributed by atoms with Gasteiger partial charge < -0.3 is 31.3 Å². The molecule has 4 atom stereocenters. The lowest BCUT2D eigenvalue weighted by Gasteiger charge is -2.36. The van der Waals surface area contributed by atoms with Gasteiger partial charge in [-0.1, -0.05) is 73.1 Å². The minimum Gasteiger partial charge on any atom is -0.461 e. The number of amides is 5. The van der Waals surface area contributed by atoms with Gasteiger partial charge in [0.05, 0.1) is 12.1 Å². The molecule has 1 unspecified atom stereocenters. The van der Waals surface area contributed by atoms with Gasteiger partial charge in [0.15, 0.2) is 0 Å². The number of rotatable bonds is 13. The first-order valence-corrected chi connectivity index (χ1v) is 16.2. The Morgan fingerprint density at radius 3 is 2.09 bits per heavy atom. The van der Waals surface area contributed by atoms with Crippen molar-refractivity contribution in [3.05, 3.63) is 0 Å². The Balaban J connectivity index is 2.31. The topological polar surface area (TPSA) is 177 Å². The second kappa shape index (κ2) is 16.8. The summed E-state index contributed by atoms with van der Waals surface area (Å²) in [5.41, 5.74) is 4.66. The van der Waals surface area contributed by atoms with Crippen molar-refractivity contribution in [3.8, 4) is 0 Å². The molecular weight excluding hydrogens is 566 g/mol. The number of ketones is 1. The molecule has 2 rings (SSSR count). The van der Waals surface area contributed by atoms with Crippen molar-refractivity contribution in [2.45, 2.75) is 143 Å². The van der Waals surface area contributed by atoms with Crippen molar-refractivity contribution >= 4 is 35.5 Å². The monoisotopic (exact) mass is 621 g/mol. The highest BCUT2D eigenvalue weighted by Gasteiger charge is 2.39. The molecule has 0 radical (unpaired) electrons. The zero-order valence-electron chi connectivity index (χ0n) is 27.7. The lowest BCUT2D eigenvalue weighted by atomic mass is 9.80. The summed E-state index contributed by atoms with van der Waals surface area (Å²) in [5, 5.41) is 8.24. The molecule has 1 aliphatic heterocycles. The molecule has 0 aromatic carbocycles. The highest BCUT2D eigenvalue weighted by molar-refractivity contribution is 6.37. The molecule has 12 nitrogen and oxygen atoms in total. The van der Waals surface area contributed by atoms with Crippen molar-refractivity contribution in [1.82, 2.24) is 20.9 Å². The van der Waals surface area contributed by atoms with Crippen LogP contribution < -0.4 is 21.7 Å². The van der Waals surface area contributed by atoms with E-state index in [9.17, 15) is 28.8 Å². The van der Waals surface area contributed by atoms with E-state index in [1.54, 1.807) is 13.8 Å². The normalized spacial score (nSPS) is 20.3. The van der Waals surface area contributed by atoms with Gasteiger partial charge in [0.25, 0.3) is 5.91 Å². The van der Waals surface area contributed by atoms with Gasteiger partial charge in [-0.15, -0.1) is 0 Å². The van der Waals surface area contributed by atoms with E-state index in [2.05, 4.69) is 16.0 Å². The van der Waals surface area contributed by atoms with Gasteiger partial charge in [-0.25, -0.2) is 9.59 Å². The highest BCUT2D eigenvalue weighted by Crippen LogP contribution is 2.31. The molecule has 0 bridgehead atoms. The molecule has 0 aromatic rings. The van der Waals surface area contributed by atoms with Crippen LogP contribution in [0.3, 0.4) is 0 Å². The van der Waals surface area contributed by atoms with Crippen LogP contribution >= 0.6 is 0 Å². The van der Waals surface area contributed by atoms with Crippen molar-refractivity contribution in [3.63, 3.8) is 0 Å². The van der Waals surface area contributed by atoms with Crippen LogP contribution in [0.4, 0.5) is 4.79 Å². The van der Waals surface area contributed by atoms with Crippen LogP contribution in [0.25, 0.3) is 0 Å². The maximum Gasteiger partial charge on any atom is 0.329 e. The molecule has 0 aromatic heterocycles. The van der Waals surface area contributed by atoms with E-state index in [1.165, 1.54) is 4.90 Å². The Morgan fingerprint density at radius 1 is 0.932 bits per heavy atom. The van der Waals surface area contributed by atoms with Crippen LogP contribution in [0.5, 0.6) is 0 Å². The Morgan fingerprint density at radius 2 is 1.57 bits per heavy atom. The van der Waals surface area contributed by atoms with Gasteiger partial charge in [-0.3, -0.25) is 19.2 Å². The third kappa shape index (κ3) is 11.4. The van der Waals surface area contributed by atoms with Crippen molar-refractivity contribution in [1.29, 1.82) is 0 Å². The van der Waals surface area contributed by atoms with E-state index in [4.69, 9.17) is 10.5 Å². The van der Waals surface area contributed by atoms with Crippen LogP contribution in [0.15, 0.2) is 0 Å². The Kier molecular flexibility index (Phi) is 14.1. The van der Waals surface area contributed by atoms with Crippen LogP contribution in [0, 0.1) is 17.3 Å². The van der Waals surface area contributed by atoms with Gasteiger partial charge in [0.1, 0.15) is 18.1 Å². The summed E-state index contributed by atoms with van der Waals surface area (Å²) in [4.78, 5) is 79.9. The molecule has 5 N–H and O–H groups in total. The molecule has 2 fully saturated rings. The first kappa shape index (κ1) is 37.0. The summed E-state index contributed by atoms with van der Waals surface area (Å²) in [6.07, 6.45) is 6.58. The largest absolute Gasteiger partial charge is 0.461 e. The van der Waals surface area contributed by atoms with Crippen molar-refractivity contribution in [2.24, 2.45) is 23.0 Å². The second-order valence-electron chi connectivity index (χ2n) is 14.2. The van der Waals surface area contributed by atoms with Gasteiger partial charge >= 0.3 is 12.0 Å². The smallest absolute Gasteiger partial charge is 0.329 e. The summed E-state index contributed by atoms with van der Waals surface area (Å²) in [6.45, 7) is 13.1.